The van der Waals surface area contributed by atoms with Crippen molar-refractivity contribution in [3.63, 3.8) is 0 Å². The molecule has 0 atom stereocenters. The van der Waals surface area contributed by atoms with Crippen molar-refractivity contribution in [1.82, 2.24) is 15.5 Å². The number of nitrogens with one attached hydrogen (secondary N) is 2. The molecule has 0 radical (unpaired) electrons. The number of carbonyl (C=O) groups is 1. The number of carbonyl (C=O) groups excluding carboxylic acids is 1. The minimum atomic E-state index is -0.170. The third kappa shape index (κ3) is 3.67. The van der Waals surface area contributed by atoms with Gasteiger partial charge in [-0.05, 0) is 25.9 Å². The molecule has 0 unspecified atom stereocenters. The summed E-state index contributed by atoms with van der Waals surface area (Å²) in [6, 6.07) is 0. The van der Waals surface area contributed by atoms with Crippen molar-refractivity contribution in [2.45, 2.75) is 19.8 Å². The van der Waals surface area contributed by atoms with Gasteiger partial charge in [0, 0.05) is 31.6 Å². The first-order valence-electron chi connectivity index (χ1n) is 7.00. The Hall–Kier alpha value is -0.650. The maximum absolute atomic E-state index is 12.2. The Morgan fingerprint density at radius 3 is 2.67 bits per heavy atom. The van der Waals surface area contributed by atoms with E-state index in [0.717, 1.165) is 65.3 Å². The standard InChI is InChI=1S/C13H25N3O2/c1-13(2-4-14-5-3-13)12(17)15-6-7-16-8-10-18-11-9-16/h14H,2-11H2,1H3,(H,15,17). The molecule has 2 N–H and O–H groups in total. The zero-order valence-electron chi connectivity index (χ0n) is 11.3. The topological polar surface area (TPSA) is 53.6 Å². The lowest BCUT2D eigenvalue weighted by molar-refractivity contribution is -0.131. The van der Waals surface area contributed by atoms with E-state index >= 15 is 0 Å². The van der Waals surface area contributed by atoms with Crippen LogP contribution in [0.5, 0.6) is 0 Å². The van der Waals surface area contributed by atoms with E-state index in [-0.39, 0.29) is 11.3 Å². The summed E-state index contributed by atoms with van der Waals surface area (Å²) in [5.74, 6) is 0.220. The highest BCUT2D eigenvalue weighted by molar-refractivity contribution is 5.82. The van der Waals surface area contributed by atoms with Crippen LogP contribution in [0.15, 0.2) is 0 Å². The maximum Gasteiger partial charge on any atom is 0.226 e. The third-order valence-electron chi connectivity index (χ3n) is 4.07. The molecule has 2 heterocycles. The normalized spacial score (nSPS) is 24.7. The largest absolute Gasteiger partial charge is 0.379 e. The molecule has 2 rings (SSSR count). The van der Waals surface area contributed by atoms with E-state index in [0.29, 0.717) is 0 Å². The van der Waals surface area contributed by atoms with Crippen LogP contribution in [-0.4, -0.2) is 63.3 Å². The summed E-state index contributed by atoms with van der Waals surface area (Å²) in [4.78, 5) is 14.5. The highest BCUT2D eigenvalue weighted by Crippen LogP contribution is 2.27. The molecule has 0 saturated carbocycles. The van der Waals surface area contributed by atoms with Crippen molar-refractivity contribution in [2.24, 2.45) is 5.41 Å². The summed E-state index contributed by atoms with van der Waals surface area (Å²) >= 11 is 0. The van der Waals surface area contributed by atoms with E-state index < -0.39 is 0 Å². The molecule has 2 aliphatic rings. The number of piperidine rings is 1. The van der Waals surface area contributed by atoms with Crippen molar-refractivity contribution < 1.29 is 9.53 Å². The first-order chi connectivity index (χ1) is 8.71. The molecular formula is C13H25N3O2. The van der Waals surface area contributed by atoms with Gasteiger partial charge in [-0.1, -0.05) is 6.92 Å². The monoisotopic (exact) mass is 255 g/mol. The minimum Gasteiger partial charge on any atom is -0.379 e. The molecule has 0 aromatic heterocycles. The van der Waals surface area contributed by atoms with E-state index in [9.17, 15) is 4.79 Å². The first kappa shape index (κ1) is 13.8. The van der Waals surface area contributed by atoms with E-state index in [1.54, 1.807) is 0 Å². The molecule has 0 spiro atoms. The Morgan fingerprint density at radius 2 is 2.00 bits per heavy atom. The Labute approximate surface area is 109 Å². The fourth-order valence-electron chi connectivity index (χ4n) is 2.57. The molecule has 104 valence electrons. The molecule has 2 aliphatic heterocycles. The minimum absolute atomic E-state index is 0.170. The lowest BCUT2D eigenvalue weighted by atomic mass is 9.80. The maximum atomic E-state index is 12.2. The average molecular weight is 255 g/mol. The van der Waals surface area contributed by atoms with E-state index in [4.69, 9.17) is 4.74 Å². The van der Waals surface area contributed by atoms with Gasteiger partial charge >= 0.3 is 0 Å². The number of ether oxygens (including phenoxy) is 1. The summed E-state index contributed by atoms with van der Waals surface area (Å²) in [5.41, 5.74) is -0.170. The van der Waals surface area contributed by atoms with Gasteiger partial charge in [-0.15, -0.1) is 0 Å². The molecule has 2 saturated heterocycles. The Morgan fingerprint density at radius 1 is 1.33 bits per heavy atom. The van der Waals surface area contributed by atoms with Crippen molar-refractivity contribution in [2.75, 3.05) is 52.5 Å². The summed E-state index contributed by atoms with van der Waals surface area (Å²) in [5, 5.41) is 6.39. The molecule has 0 aliphatic carbocycles. The third-order valence-corrected chi connectivity index (χ3v) is 4.07. The van der Waals surface area contributed by atoms with Crippen molar-refractivity contribution in [3.8, 4) is 0 Å². The molecule has 1 amide bonds. The number of morpholine rings is 1. The first-order valence-corrected chi connectivity index (χ1v) is 7.00. The van der Waals surface area contributed by atoms with Crippen molar-refractivity contribution in [3.05, 3.63) is 0 Å². The lowest BCUT2D eigenvalue weighted by Gasteiger charge is -2.33. The van der Waals surface area contributed by atoms with Crippen molar-refractivity contribution in [1.29, 1.82) is 0 Å². The van der Waals surface area contributed by atoms with Crippen LogP contribution in [0.1, 0.15) is 19.8 Å². The summed E-state index contributed by atoms with van der Waals surface area (Å²) in [6.45, 7) is 9.27. The van der Waals surface area contributed by atoms with Crippen LogP contribution < -0.4 is 10.6 Å². The predicted molar refractivity (Wildman–Crippen MR) is 70.5 cm³/mol. The highest BCUT2D eigenvalue weighted by Gasteiger charge is 2.34. The number of hydrogen-bond acceptors (Lipinski definition) is 4. The smallest absolute Gasteiger partial charge is 0.226 e. The van der Waals surface area contributed by atoms with E-state index in [2.05, 4.69) is 22.5 Å². The van der Waals surface area contributed by atoms with Gasteiger partial charge in [0.05, 0.1) is 13.2 Å². The fraction of sp³-hybridized carbons (Fsp3) is 0.923. The molecule has 0 bridgehead atoms. The molecule has 0 aromatic carbocycles. The van der Waals surface area contributed by atoms with Gasteiger partial charge < -0.3 is 15.4 Å². The number of nitrogens with zero attached hydrogens (tertiary/aromatic N) is 1. The Bertz CT molecular complexity index is 271. The van der Waals surface area contributed by atoms with E-state index in [1.807, 2.05) is 0 Å². The van der Waals surface area contributed by atoms with Crippen LogP contribution in [0.2, 0.25) is 0 Å². The Balaban J connectivity index is 1.67. The van der Waals surface area contributed by atoms with Crippen LogP contribution in [0, 0.1) is 5.41 Å². The van der Waals surface area contributed by atoms with Gasteiger partial charge in [-0.25, -0.2) is 0 Å². The molecule has 18 heavy (non-hydrogen) atoms. The van der Waals surface area contributed by atoms with Crippen molar-refractivity contribution >= 4 is 5.91 Å². The van der Waals surface area contributed by atoms with E-state index in [1.165, 1.54) is 0 Å². The van der Waals surface area contributed by atoms with Crippen LogP contribution in [0.25, 0.3) is 0 Å². The average Bonchev–Trinajstić information content (AvgIpc) is 2.41. The summed E-state index contributed by atoms with van der Waals surface area (Å²) in [6.07, 6.45) is 1.88. The fourth-order valence-corrected chi connectivity index (χ4v) is 2.57. The lowest BCUT2D eigenvalue weighted by Crippen LogP contribution is -2.48. The van der Waals surface area contributed by atoms with Gasteiger partial charge in [0.2, 0.25) is 5.91 Å². The number of amides is 1. The second-order valence-electron chi connectivity index (χ2n) is 5.52. The SMILES string of the molecule is CC1(C(=O)NCCN2CCOCC2)CCNCC1. The molecule has 0 aromatic rings. The van der Waals surface area contributed by atoms with Gasteiger partial charge in [0.1, 0.15) is 0 Å². The van der Waals surface area contributed by atoms with Crippen LogP contribution >= 0.6 is 0 Å². The predicted octanol–water partition coefficient (Wildman–Crippen LogP) is -0.175. The number of hydrogen-bond donors (Lipinski definition) is 2. The number of rotatable bonds is 4. The Kier molecular flexibility index (Phi) is 4.97. The summed E-state index contributed by atoms with van der Waals surface area (Å²) in [7, 11) is 0. The molecule has 5 heteroatoms. The molecule has 2 fully saturated rings. The van der Waals surface area contributed by atoms with Crippen LogP contribution in [0.4, 0.5) is 0 Å². The van der Waals surface area contributed by atoms with Crippen LogP contribution in [0.3, 0.4) is 0 Å². The van der Waals surface area contributed by atoms with Gasteiger partial charge in [0.25, 0.3) is 0 Å². The van der Waals surface area contributed by atoms with Gasteiger partial charge in [-0.3, -0.25) is 9.69 Å². The molecular weight excluding hydrogens is 230 g/mol. The second-order valence-corrected chi connectivity index (χ2v) is 5.52. The zero-order valence-corrected chi connectivity index (χ0v) is 11.3. The van der Waals surface area contributed by atoms with Gasteiger partial charge in [-0.2, -0.15) is 0 Å². The highest BCUT2D eigenvalue weighted by atomic mass is 16.5. The second kappa shape index (κ2) is 6.50. The summed E-state index contributed by atoms with van der Waals surface area (Å²) < 4.78 is 5.30. The van der Waals surface area contributed by atoms with Crippen LogP contribution in [-0.2, 0) is 9.53 Å². The zero-order chi connectivity index (χ0) is 12.8. The quantitative estimate of drug-likeness (QED) is 0.732. The molecule has 5 nitrogen and oxygen atoms in total. The van der Waals surface area contributed by atoms with Gasteiger partial charge in [0.15, 0.2) is 0 Å².